The van der Waals surface area contributed by atoms with Gasteiger partial charge in [-0.3, -0.25) is 4.98 Å². The number of aliphatic hydroxyl groups excluding tert-OH is 1. The van der Waals surface area contributed by atoms with Crippen LogP contribution in [0, 0.1) is 12.3 Å². The first-order valence-corrected chi connectivity index (χ1v) is 18.0. The van der Waals surface area contributed by atoms with E-state index in [4.69, 9.17) is 19.2 Å². The van der Waals surface area contributed by atoms with Gasteiger partial charge in [0.15, 0.2) is 6.10 Å². The molecule has 1 unspecified atom stereocenters. The number of aryl methyl sites for hydroxylation is 1. The van der Waals surface area contributed by atoms with Crippen LogP contribution in [-0.4, -0.2) is 58.4 Å². The average molecular weight is 686 g/mol. The Morgan fingerprint density at radius 1 is 0.980 bits per heavy atom. The molecule has 2 atom stereocenters. The third-order valence-corrected chi connectivity index (χ3v) is 9.53. The minimum atomic E-state index is -1.02. The Morgan fingerprint density at radius 2 is 1.66 bits per heavy atom. The summed E-state index contributed by atoms with van der Waals surface area (Å²) < 4.78 is 18.0. The SMILES string of the molecule is Cc1nc(C(C)O)c(-c2ccc3c(c2)CCN(C(=O)OCc2ccccc2)C3)c(N2CCC(C)(C)CC2)c1[C@H](OC(C)(C)C)C(=O)OC(C)C. The van der Waals surface area contributed by atoms with Crippen molar-refractivity contribution in [3.05, 3.63) is 82.2 Å². The monoisotopic (exact) mass is 685 g/mol. The maximum atomic E-state index is 13.9. The summed E-state index contributed by atoms with van der Waals surface area (Å²) in [5, 5.41) is 11.2. The molecule has 1 N–H and O–H groups in total. The van der Waals surface area contributed by atoms with Crippen LogP contribution in [-0.2, 0) is 38.6 Å². The van der Waals surface area contributed by atoms with Gasteiger partial charge in [0.2, 0.25) is 0 Å². The van der Waals surface area contributed by atoms with Gasteiger partial charge in [-0.15, -0.1) is 0 Å². The van der Waals surface area contributed by atoms with Crippen LogP contribution in [0.25, 0.3) is 11.1 Å². The number of hydrogen-bond acceptors (Lipinski definition) is 8. The lowest BCUT2D eigenvalue weighted by atomic mass is 9.81. The van der Waals surface area contributed by atoms with Gasteiger partial charge in [-0.05, 0) is 95.4 Å². The number of aromatic nitrogens is 1. The Morgan fingerprint density at radius 3 is 2.28 bits per heavy atom. The van der Waals surface area contributed by atoms with E-state index in [0.717, 1.165) is 59.4 Å². The number of hydrogen-bond donors (Lipinski definition) is 1. The first kappa shape index (κ1) is 37.3. The predicted octanol–water partition coefficient (Wildman–Crippen LogP) is 8.24. The minimum absolute atomic E-state index is 0.184. The van der Waals surface area contributed by atoms with Crippen molar-refractivity contribution in [2.24, 2.45) is 5.41 Å². The second kappa shape index (κ2) is 15.1. The van der Waals surface area contributed by atoms with Crippen molar-refractivity contribution >= 4 is 17.7 Å². The molecule has 1 amide bonds. The van der Waals surface area contributed by atoms with Gasteiger partial charge in [-0.1, -0.05) is 62.4 Å². The lowest BCUT2D eigenvalue weighted by Crippen LogP contribution is -2.40. The minimum Gasteiger partial charge on any atom is -0.461 e. The van der Waals surface area contributed by atoms with Crippen molar-refractivity contribution in [3.63, 3.8) is 0 Å². The molecule has 9 heteroatoms. The van der Waals surface area contributed by atoms with E-state index in [9.17, 15) is 14.7 Å². The van der Waals surface area contributed by atoms with Crippen LogP contribution in [0.2, 0.25) is 0 Å². The smallest absolute Gasteiger partial charge is 0.410 e. The molecule has 2 aromatic carbocycles. The summed E-state index contributed by atoms with van der Waals surface area (Å²) in [6.45, 7) is 20.5. The van der Waals surface area contributed by atoms with Gasteiger partial charge in [0, 0.05) is 43.0 Å². The van der Waals surface area contributed by atoms with Crippen LogP contribution in [0.15, 0.2) is 48.5 Å². The number of piperidine rings is 1. The number of fused-ring (bicyclic) bond motifs is 1. The summed E-state index contributed by atoms with van der Waals surface area (Å²) in [5.41, 5.74) is 7.07. The van der Waals surface area contributed by atoms with E-state index in [2.05, 4.69) is 30.9 Å². The number of ether oxygens (including phenoxy) is 3. The van der Waals surface area contributed by atoms with Crippen LogP contribution in [0.1, 0.15) is 114 Å². The quantitative estimate of drug-likeness (QED) is 0.225. The molecular weight excluding hydrogens is 630 g/mol. The normalized spacial score (nSPS) is 17.3. The Labute approximate surface area is 297 Å². The van der Waals surface area contributed by atoms with Gasteiger partial charge < -0.3 is 29.1 Å². The molecule has 1 fully saturated rings. The van der Waals surface area contributed by atoms with Gasteiger partial charge in [0.05, 0.1) is 29.2 Å². The second-order valence-electron chi connectivity index (χ2n) is 15.8. The molecule has 0 saturated carbocycles. The molecule has 0 radical (unpaired) electrons. The molecule has 5 rings (SSSR count). The average Bonchev–Trinajstić information content (AvgIpc) is 3.05. The van der Waals surface area contributed by atoms with Gasteiger partial charge in [-0.2, -0.15) is 0 Å². The van der Waals surface area contributed by atoms with Crippen molar-refractivity contribution in [1.29, 1.82) is 0 Å². The van der Waals surface area contributed by atoms with Crippen molar-refractivity contribution < 1.29 is 28.9 Å². The summed E-state index contributed by atoms with van der Waals surface area (Å²) in [5.74, 6) is -0.459. The van der Waals surface area contributed by atoms with Gasteiger partial charge >= 0.3 is 12.1 Å². The Bertz CT molecular complexity index is 1670. The largest absolute Gasteiger partial charge is 0.461 e. The number of carbonyl (C=O) groups excluding carboxylic acids is 2. The number of amides is 1. The maximum Gasteiger partial charge on any atom is 0.410 e. The molecule has 1 aromatic heterocycles. The highest BCUT2D eigenvalue weighted by Gasteiger charge is 2.38. The Kier molecular flexibility index (Phi) is 11.3. The van der Waals surface area contributed by atoms with Crippen molar-refractivity contribution in [2.75, 3.05) is 24.5 Å². The number of nitrogens with zero attached hydrogens (tertiary/aromatic N) is 3. The standard InChI is InChI=1S/C41H55N3O6/c1-26(2)49-38(46)37(50-40(5,6)7)33-27(3)42-35(28(4)45)34(36(33)43-21-18-41(8,9)19-22-43)31-15-16-32-24-44(20-17-30(32)23-31)39(47)48-25-29-13-11-10-12-14-29/h10-16,23,26,28,37,45H,17-22,24-25H2,1-9H3/t28?,37-/m0/s1. The topological polar surface area (TPSA) is 101 Å². The molecule has 50 heavy (non-hydrogen) atoms. The van der Waals surface area contributed by atoms with E-state index in [1.54, 1.807) is 11.8 Å². The van der Waals surface area contributed by atoms with Crippen molar-refractivity contribution in [2.45, 2.75) is 119 Å². The fourth-order valence-electron chi connectivity index (χ4n) is 6.84. The maximum absolute atomic E-state index is 13.9. The fraction of sp³-hybridized carbons (Fsp3) is 0.537. The highest BCUT2D eigenvalue weighted by atomic mass is 16.6. The first-order chi connectivity index (χ1) is 23.5. The number of rotatable bonds is 9. The molecule has 1 saturated heterocycles. The van der Waals surface area contributed by atoms with Gasteiger partial charge in [0.1, 0.15) is 6.61 Å². The Balaban J connectivity index is 1.59. The van der Waals surface area contributed by atoms with E-state index in [1.165, 1.54) is 0 Å². The van der Waals surface area contributed by atoms with E-state index in [0.29, 0.717) is 36.5 Å². The molecule has 3 aromatic rings. The molecule has 0 bridgehead atoms. The van der Waals surface area contributed by atoms with E-state index in [-0.39, 0.29) is 24.2 Å². The lowest BCUT2D eigenvalue weighted by molar-refractivity contribution is -0.171. The Hall–Kier alpha value is -3.95. The molecule has 2 aliphatic heterocycles. The fourth-order valence-corrected chi connectivity index (χ4v) is 6.84. The van der Waals surface area contributed by atoms with Crippen LogP contribution in [0.3, 0.4) is 0 Å². The molecule has 3 heterocycles. The van der Waals surface area contributed by atoms with Crippen molar-refractivity contribution in [1.82, 2.24) is 9.88 Å². The number of benzene rings is 2. The predicted molar refractivity (Wildman–Crippen MR) is 196 cm³/mol. The molecule has 0 spiro atoms. The second-order valence-corrected chi connectivity index (χ2v) is 15.8. The third-order valence-electron chi connectivity index (χ3n) is 9.53. The number of pyridine rings is 1. The molecule has 2 aliphatic rings. The first-order valence-electron chi connectivity index (χ1n) is 18.0. The van der Waals surface area contributed by atoms with E-state index < -0.39 is 23.8 Å². The summed E-state index contributed by atoms with van der Waals surface area (Å²) >= 11 is 0. The van der Waals surface area contributed by atoms with Gasteiger partial charge in [-0.25, -0.2) is 9.59 Å². The summed E-state index contributed by atoms with van der Waals surface area (Å²) in [6.07, 6.45) is 0.0493. The number of aliphatic hydroxyl groups is 1. The van der Waals surface area contributed by atoms with E-state index >= 15 is 0 Å². The lowest BCUT2D eigenvalue weighted by Gasteiger charge is -2.41. The van der Waals surface area contributed by atoms with Crippen molar-refractivity contribution in [3.8, 4) is 11.1 Å². The third kappa shape index (κ3) is 8.85. The summed E-state index contributed by atoms with van der Waals surface area (Å²) in [7, 11) is 0. The zero-order valence-electron chi connectivity index (χ0n) is 31.3. The van der Waals surface area contributed by atoms with Crippen LogP contribution in [0.4, 0.5) is 10.5 Å². The molecule has 270 valence electrons. The zero-order chi connectivity index (χ0) is 36.4. The molecule has 9 nitrogen and oxygen atoms in total. The summed E-state index contributed by atoms with van der Waals surface area (Å²) in [4.78, 5) is 36.0. The zero-order valence-corrected chi connectivity index (χ0v) is 31.3. The number of carbonyl (C=O) groups is 2. The van der Waals surface area contributed by atoms with Crippen LogP contribution in [0.5, 0.6) is 0 Å². The van der Waals surface area contributed by atoms with E-state index in [1.807, 2.05) is 77.9 Å². The van der Waals surface area contributed by atoms with Crippen LogP contribution < -0.4 is 4.90 Å². The van der Waals surface area contributed by atoms with Gasteiger partial charge in [0.25, 0.3) is 0 Å². The molecular formula is C41H55N3O6. The highest BCUT2D eigenvalue weighted by molar-refractivity contribution is 5.89. The van der Waals surface area contributed by atoms with Crippen LogP contribution >= 0.6 is 0 Å². The molecule has 0 aliphatic carbocycles. The number of anilines is 1. The number of esters is 1. The summed E-state index contributed by atoms with van der Waals surface area (Å²) in [6, 6.07) is 15.9. The highest BCUT2D eigenvalue weighted by Crippen LogP contribution is 2.47.